The van der Waals surface area contributed by atoms with Crippen LogP contribution in [-0.4, -0.2) is 30.7 Å². The van der Waals surface area contributed by atoms with Crippen LogP contribution in [0.4, 0.5) is 0 Å². The van der Waals surface area contributed by atoms with E-state index in [2.05, 4.69) is 10.1 Å². The largest absolute Gasteiger partial charge is 0.339 e. The van der Waals surface area contributed by atoms with Crippen molar-refractivity contribution in [2.75, 3.05) is 12.1 Å². The topological polar surface area (TPSA) is 73.1 Å². The van der Waals surface area contributed by atoms with Crippen molar-refractivity contribution in [3.63, 3.8) is 0 Å². The Labute approximate surface area is 87.4 Å². The maximum absolute atomic E-state index is 10.9. The summed E-state index contributed by atoms with van der Waals surface area (Å²) >= 11 is 5.48. The van der Waals surface area contributed by atoms with Crippen LogP contribution in [0.15, 0.2) is 4.52 Å². The van der Waals surface area contributed by atoms with Crippen LogP contribution < -0.4 is 0 Å². The number of aromatic nitrogens is 2. The minimum absolute atomic E-state index is 0.183. The zero-order valence-electron chi connectivity index (χ0n) is 7.73. The number of aryl methyl sites for hydroxylation is 1. The zero-order chi connectivity index (χ0) is 10.6. The molecule has 0 saturated carbocycles. The summed E-state index contributed by atoms with van der Waals surface area (Å²) in [5.74, 6) is 0.975. The van der Waals surface area contributed by atoms with Gasteiger partial charge in [-0.05, 0) is 6.42 Å². The second-order valence-corrected chi connectivity index (χ2v) is 5.49. The molecular weight excluding hydrogens is 228 g/mol. The fourth-order valence-corrected chi connectivity index (χ4v) is 1.62. The van der Waals surface area contributed by atoms with Gasteiger partial charge in [-0.1, -0.05) is 5.16 Å². The van der Waals surface area contributed by atoms with Crippen molar-refractivity contribution in [3.05, 3.63) is 11.7 Å². The van der Waals surface area contributed by atoms with Gasteiger partial charge in [0.25, 0.3) is 0 Å². The fourth-order valence-electron chi connectivity index (χ4n) is 0.903. The maximum Gasteiger partial charge on any atom is 0.226 e. The van der Waals surface area contributed by atoms with E-state index in [-0.39, 0.29) is 11.6 Å². The van der Waals surface area contributed by atoms with Crippen molar-refractivity contribution in [1.29, 1.82) is 0 Å². The molecule has 1 rings (SSSR count). The Morgan fingerprint density at radius 3 is 2.79 bits per heavy atom. The quantitative estimate of drug-likeness (QED) is 0.709. The van der Waals surface area contributed by atoms with Gasteiger partial charge < -0.3 is 4.52 Å². The van der Waals surface area contributed by atoms with Gasteiger partial charge in [0.1, 0.15) is 5.75 Å². The van der Waals surface area contributed by atoms with Crippen molar-refractivity contribution in [2.45, 2.75) is 18.6 Å². The molecule has 80 valence electrons. The highest BCUT2D eigenvalue weighted by Crippen LogP contribution is 2.04. The fraction of sp³-hybridized carbons (Fsp3) is 0.714. The van der Waals surface area contributed by atoms with E-state index in [9.17, 15) is 8.42 Å². The molecule has 0 spiro atoms. The number of sulfone groups is 1. The SMILES string of the molecule is CS(=O)(=O)Cc1noc(CCCCl)n1. The molecule has 0 saturated heterocycles. The van der Waals surface area contributed by atoms with Gasteiger partial charge in [0.15, 0.2) is 15.7 Å². The molecule has 0 N–H and O–H groups in total. The van der Waals surface area contributed by atoms with Gasteiger partial charge in [0, 0.05) is 18.6 Å². The maximum atomic E-state index is 10.9. The average molecular weight is 239 g/mol. The number of alkyl halides is 1. The average Bonchev–Trinajstić information content (AvgIpc) is 2.46. The third kappa shape index (κ3) is 4.06. The van der Waals surface area contributed by atoms with Gasteiger partial charge in [0.2, 0.25) is 5.89 Å². The molecule has 14 heavy (non-hydrogen) atoms. The molecule has 1 aromatic heterocycles. The van der Waals surface area contributed by atoms with Crippen molar-refractivity contribution in [3.8, 4) is 0 Å². The first-order valence-electron chi connectivity index (χ1n) is 4.06. The molecule has 0 fully saturated rings. The second kappa shape index (κ2) is 4.75. The Morgan fingerprint density at radius 2 is 2.21 bits per heavy atom. The number of hydrogen-bond donors (Lipinski definition) is 0. The van der Waals surface area contributed by atoms with Crippen LogP contribution in [-0.2, 0) is 22.0 Å². The molecule has 0 radical (unpaired) electrons. The monoisotopic (exact) mass is 238 g/mol. The van der Waals surface area contributed by atoms with E-state index in [0.717, 1.165) is 12.7 Å². The van der Waals surface area contributed by atoms with E-state index in [0.29, 0.717) is 18.2 Å². The van der Waals surface area contributed by atoms with E-state index >= 15 is 0 Å². The molecule has 0 aromatic carbocycles. The van der Waals surface area contributed by atoms with Crippen LogP contribution in [0.5, 0.6) is 0 Å². The van der Waals surface area contributed by atoms with E-state index in [1.54, 1.807) is 0 Å². The van der Waals surface area contributed by atoms with Gasteiger partial charge in [-0.2, -0.15) is 4.98 Å². The summed E-state index contributed by atoms with van der Waals surface area (Å²) in [5, 5.41) is 3.55. The minimum atomic E-state index is -3.10. The van der Waals surface area contributed by atoms with Crippen LogP contribution in [0.1, 0.15) is 18.1 Å². The van der Waals surface area contributed by atoms with E-state index < -0.39 is 9.84 Å². The highest BCUT2D eigenvalue weighted by molar-refractivity contribution is 7.89. The minimum Gasteiger partial charge on any atom is -0.339 e. The summed E-state index contributed by atoms with van der Waals surface area (Å²) in [6.07, 6.45) is 2.45. The first kappa shape index (κ1) is 11.5. The van der Waals surface area contributed by atoms with Crippen LogP contribution in [0.2, 0.25) is 0 Å². The Morgan fingerprint density at radius 1 is 1.50 bits per heavy atom. The van der Waals surface area contributed by atoms with Crippen LogP contribution in [0.3, 0.4) is 0 Å². The molecular formula is C7H11ClN2O3S. The molecule has 0 aliphatic rings. The third-order valence-electron chi connectivity index (χ3n) is 1.43. The van der Waals surface area contributed by atoms with E-state index in [4.69, 9.17) is 16.1 Å². The predicted molar refractivity (Wildman–Crippen MR) is 51.9 cm³/mol. The van der Waals surface area contributed by atoms with Crippen LogP contribution >= 0.6 is 11.6 Å². The summed E-state index contributed by atoms with van der Waals surface area (Å²) in [6.45, 7) is 0. The lowest BCUT2D eigenvalue weighted by molar-refractivity contribution is 0.373. The van der Waals surface area contributed by atoms with Gasteiger partial charge >= 0.3 is 0 Å². The lowest BCUT2D eigenvalue weighted by atomic mass is 10.3. The molecule has 0 bridgehead atoms. The number of rotatable bonds is 5. The second-order valence-electron chi connectivity index (χ2n) is 2.97. The summed E-state index contributed by atoms with van der Waals surface area (Å²) in [7, 11) is -3.10. The van der Waals surface area contributed by atoms with Gasteiger partial charge in [-0.15, -0.1) is 11.6 Å². The first-order valence-corrected chi connectivity index (χ1v) is 6.66. The highest BCUT2D eigenvalue weighted by atomic mass is 35.5. The Balaban J connectivity index is 2.59. The van der Waals surface area contributed by atoms with Crippen molar-refractivity contribution in [1.82, 2.24) is 10.1 Å². The number of halogens is 1. The smallest absolute Gasteiger partial charge is 0.226 e. The molecule has 1 aromatic rings. The highest BCUT2D eigenvalue weighted by Gasteiger charge is 2.11. The Kier molecular flexibility index (Phi) is 3.88. The van der Waals surface area contributed by atoms with Crippen LogP contribution in [0, 0.1) is 0 Å². The van der Waals surface area contributed by atoms with Gasteiger partial charge in [-0.3, -0.25) is 0 Å². The summed E-state index contributed by atoms with van der Waals surface area (Å²) in [4.78, 5) is 3.92. The third-order valence-corrected chi connectivity index (χ3v) is 2.48. The predicted octanol–water partition coefficient (Wildman–Crippen LogP) is 0.786. The molecule has 0 atom stereocenters. The zero-order valence-corrected chi connectivity index (χ0v) is 9.31. The summed E-state index contributed by atoms with van der Waals surface area (Å²) in [5.41, 5.74) is 0. The normalized spacial score (nSPS) is 11.9. The molecule has 7 heteroatoms. The van der Waals surface area contributed by atoms with Gasteiger partial charge in [-0.25, -0.2) is 8.42 Å². The molecule has 1 heterocycles. The molecule has 0 amide bonds. The standard InChI is InChI=1S/C7H11ClN2O3S/c1-14(11,12)5-6-9-7(13-10-6)3-2-4-8/h2-5H2,1H3. The first-order chi connectivity index (χ1) is 6.51. The van der Waals surface area contributed by atoms with Gasteiger partial charge in [0.05, 0.1) is 0 Å². The molecule has 5 nitrogen and oxygen atoms in total. The molecule has 0 aliphatic heterocycles. The lowest BCUT2D eigenvalue weighted by Gasteiger charge is -1.89. The Hall–Kier alpha value is -0.620. The molecule has 0 unspecified atom stereocenters. The van der Waals surface area contributed by atoms with Crippen molar-refractivity contribution < 1.29 is 12.9 Å². The van der Waals surface area contributed by atoms with Crippen molar-refractivity contribution in [2.24, 2.45) is 0 Å². The van der Waals surface area contributed by atoms with Crippen molar-refractivity contribution >= 4 is 21.4 Å². The van der Waals surface area contributed by atoms with Crippen LogP contribution in [0.25, 0.3) is 0 Å². The molecule has 0 aliphatic carbocycles. The summed E-state index contributed by atoms with van der Waals surface area (Å²) < 4.78 is 26.6. The Bertz CT molecular complexity index is 387. The lowest BCUT2D eigenvalue weighted by Crippen LogP contribution is -2.02. The number of nitrogens with zero attached hydrogens (tertiary/aromatic N) is 2. The van der Waals surface area contributed by atoms with E-state index in [1.807, 2.05) is 0 Å². The summed E-state index contributed by atoms with van der Waals surface area (Å²) in [6, 6.07) is 0. The van der Waals surface area contributed by atoms with E-state index in [1.165, 1.54) is 0 Å². The number of hydrogen-bond acceptors (Lipinski definition) is 5.